The lowest BCUT2D eigenvalue weighted by Crippen LogP contribution is -2.09. The number of nitrogens with one attached hydrogen (secondary N) is 1. The van der Waals surface area contributed by atoms with E-state index < -0.39 is 0 Å². The van der Waals surface area contributed by atoms with Gasteiger partial charge in [0.25, 0.3) is 0 Å². The van der Waals surface area contributed by atoms with E-state index in [1.807, 2.05) is 6.07 Å². The molecule has 6 N–H and O–H groups in total. The Morgan fingerprint density at radius 2 is 1.71 bits per heavy atom. The van der Waals surface area contributed by atoms with Crippen LogP contribution in [0.5, 0.6) is 5.75 Å². The Hall–Kier alpha value is -2.57. The van der Waals surface area contributed by atoms with Gasteiger partial charge in [0.1, 0.15) is 5.75 Å². The number of phenols is 1. The van der Waals surface area contributed by atoms with Gasteiger partial charge in [-0.1, -0.05) is 18.2 Å². The van der Waals surface area contributed by atoms with Gasteiger partial charge >= 0.3 is 0 Å². The number of aromatic hydroxyl groups is 1. The largest absolute Gasteiger partial charge is 0.508 e. The number of hydrogen-bond acceptors (Lipinski definition) is 7. The number of nitrogens with zero attached hydrogens (tertiary/aromatic N) is 3. The van der Waals surface area contributed by atoms with Gasteiger partial charge in [-0.3, -0.25) is 0 Å². The summed E-state index contributed by atoms with van der Waals surface area (Å²) >= 11 is 0. The number of rotatable bonds is 3. The molecule has 2 rings (SSSR count). The van der Waals surface area contributed by atoms with Crippen LogP contribution in [0.25, 0.3) is 0 Å². The van der Waals surface area contributed by atoms with Crippen LogP contribution >= 0.6 is 0 Å². The molecule has 7 heteroatoms. The fourth-order valence-corrected chi connectivity index (χ4v) is 1.32. The molecule has 0 aliphatic carbocycles. The van der Waals surface area contributed by atoms with E-state index in [9.17, 15) is 5.11 Å². The average molecular weight is 232 g/mol. The Bertz CT molecular complexity index is 510. The molecule has 88 valence electrons. The van der Waals surface area contributed by atoms with Crippen molar-refractivity contribution in [3.05, 3.63) is 29.8 Å². The van der Waals surface area contributed by atoms with Crippen LogP contribution in [0.3, 0.4) is 0 Å². The molecule has 1 aromatic carbocycles. The van der Waals surface area contributed by atoms with Gasteiger partial charge < -0.3 is 21.9 Å². The molecule has 0 saturated heterocycles. The maximum absolute atomic E-state index is 9.56. The van der Waals surface area contributed by atoms with Crippen LogP contribution in [0.2, 0.25) is 0 Å². The van der Waals surface area contributed by atoms with Crippen molar-refractivity contribution in [3.8, 4) is 5.75 Å². The summed E-state index contributed by atoms with van der Waals surface area (Å²) in [5.41, 5.74) is 11.6. The summed E-state index contributed by atoms with van der Waals surface area (Å²) in [6.07, 6.45) is 0. The van der Waals surface area contributed by atoms with Gasteiger partial charge in [-0.25, -0.2) is 0 Å². The van der Waals surface area contributed by atoms with E-state index in [0.29, 0.717) is 6.54 Å². The second-order valence-corrected chi connectivity index (χ2v) is 3.36. The minimum atomic E-state index is 0.0530. The molecule has 0 saturated carbocycles. The second kappa shape index (κ2) is 4.52. The van der Waals surface area contributed by atoms with Crippen molar-refractivity contribution >= 4 is 17.8 Å². The molecule has 7 nitrogen and oxygen atoms in total. The second-order valence-electron chi connectivity index (χ2n) is 3.36. The first-order valence-corrected chi connectivity index (χ1v) is 4.93. The summed E-state index contributed by atoms with van der Waals surface area (Å²) in [4.78, 5) is 11.4. The summed E-state index contributed by atoms with van der Waals surface area (Å²) in [5.74, 6) is 0.586. The van der Waals surface area contributed by atoms with Crippen LogP contribution in [0, 0.1) is 0 Å². The molecule has 0 bridgehead atoms. The number of anilines is 3. The molecule has 1 heterocycles. The van der Waals surface area contributed by atoms with Gasteiger partial charge in [0.15, 0.2) is 0 Å². The lowest BCUT2D eigenvalue weighted by atomic mass is 10.2. The highest BCUT2D eigenvalue weighted by Gasteiger charge is 2.03. The van der Waals surface area contributed by atoms with Gasteiger partial charge in [-0.15, -0.1) is 0 Å². The quantitative estimate of drug-likeness (QED) is 0.602. The van der Waals surface area contributed by atoms with E-state index in [-0.39, 0.29) is 23.6 Å². The average Bonchev–Trinajstić information content (AvgIpc) is 2.27. The van der Waals surface area contributed by atoms with Gasteiger partial charge in [0, 0.05) is 12.1 Å². The third-order valence-electron chi connectivity index (χ3n) is 2.10. The fourth-order valence-electron chi connectivity index (χ4n) is 1.32. The van der Waals surface area contributed by atoms with Crippen LogP contribution in [0.4, 0.5) is 17.8 Å². The number of para-hydroxylation sites is 1. The van der Waals surface area contributed by atoms with Crippen molar-refractivity contribution in [1.29, 1.82) is 0 Å². The standard InChI is InChI=1S/C10H12N6O/c11-8-14-9(12)16-10(15-8)13-5-6-3-1-2-4-7(6)17/h1-4,17H,5H2,(H5,11,12,13,14,15,16). The monoisotopic (exact) mass is 232 g/mol. The maximum atomic E-state index is 9.56. The first kappa shape index (κ1) is 10.9. The molecule has 0 unspecified atom stereocenters. The number of phenolic OH excluding ortho intramolecular Hbond substituents is 1. The van der Waals surface area contributed by atoms with E-state index in [1.165, 1.54) is 0 Å². The lowest BCUT2D eigenvalue weighted by Gasteiger charge is -2.07. The predicted molar refractivity (Wildman–Crippen MR) is 64.1 cm³/mol. The molecule has 1 aromatic heterocycles. The summed E-state index contributed by atoms with van der Waals surface area (Å²) in [7, 11) is 0. The number of benzene rings is 1. The number of aromatic nitrogens is 3. The summed E-state index contributed by atoms with van der Waals surface area (Å²) in [5, 5.41) is 12.5. The molecule has 2 aromatic rings. The first-order chi connectivity index (χ1) is 8.15. The van der Waals surface area contributed by atoms with Gasteiger partial charge in [-0.2, -0.15) is 15.0 Å². The smallest absolute Gasteiger partial charge is 0.229 e. The Labute approximate surface area is 97.5 Å². The lowest BCUT2D eigenvalue weighted by molar-refractivity contribution is 0.469. The van der Waals surface area contributed by atoms with Gasteiger partial charge in [0.2, 0.25) is 17.8 Å². The predicted octanol–water partition coefficient (Wildman–Crippen LogP) is 0.354. The fraction of sp³-hybridized carbons (Fsp3) is 0.100. The highest BCUT2D eigenvalue weighted by Crippen LogP contribution is 2.16. The molecule has 17 heavy (non-hydrogen) atoms. The van der Waals surface area contributed by atoms with Crippen molar-refractivity contribution in [2.45, 2.75) is 6.54 Å². The molecule has 0 aliphatic rings. The molecule has 0 spiro atoms. The number of hydrogen-bond donors (Lipinski definition) is 4. The Balaban J connectivity index is 2.10. The first-order valence-electron chi connectivity index (χ1n) is 4.93. The zero-order valence-electron chi connectivity index (χ0n) is 8.96. The molecule has 0 aliphatic heterocycles. The number of nitrogen functional groups attached to an aromatic ring is 2. The van der Waals surface area contributed by atoms with Crippen molar-refractivity contribution < 1.29 is 5.11 Å². The summed E-state index contributed by atoms with van der Waals surface area (Å²) in [6.45, 7) is 0.371. The third kappa shape index (κ3) is 2.71. The van der Waals surface area contributed by atoms with Crippen LogP contribution in [-0.2, 0) is 6.54 Å². The molecule has 0 amide bonds. The van der Waals surface area contributed by atoms with Crippen LogP contribution < -0.4 is 16.8 Å². The number of nitrogens with two attached hydrogens (primary N) is 2. The molecular weight excluding hydrogens is 220 g/mol. The Morgan fingerprint density at radius 3 is 2.35 bits per heavy atom. The molecule has 0 fully saturated rings. The zero-order valence-corrected chi connectivity index (χ0v) is 8.96. The minimum Gasteiger partial charge on any atom is -0.508 e. The van der Waals surface area contributed by atoms with E-state index in [0.717, 1.165) is 5.56 Å². The normalized spacial score (nSPS) is 10.1. The minimum absolute atomic E-state index is 0.0530. The van der Waals surface area contributed by atoms with Crippen LogP contribution in [0.1, 0.15) is 5.56 Å². The molecule has 0 radical (unpaired) electrons. The molecule has 0 atom stereocenters. The molecular formula is C10H12N6O. The van der Waals surface area contributed by atoms with Crippen molar-refractivity contribution in [2.24, 2.45) is 0 Å². The van der Waals surface area contributed by atoms with E-state index in [4.69, 9.17) is 11.5 Å². The van der Waals surface area contributed by atoms with Gasteiger partial charge in [0.05, 0.1) is 0 Å². The van der Waals surface area contributed by atoms with E-state index >= 15 is 0 Å². The Kier molecular flexibility index (Phi) is 2.91. The van der Waals surface area contributed by atoms with Crippen LogP contribution in [0.15, 0.2) is 24.3 Å². The summed E-state index contributed by atoms with van der Waals surface area (Å²) < 4.78 is 0. The van der Waals surface area contributed by atoms with Crippen LogP contribution in [-0.4, -0.2) is 20.1 Å². The summed E-state index contributed by atoms with van der Waals surface area (Å²) in [6, 6.07) is 6.97. The Morgan fingerprint density at radius 1 is 1.06 bits per heavy atom. The highest BCUT2D eigenvalue weighted by molar-refractivity contribution is 5.40. The highest BCUT2D eigenvalue weighted by atomic mass is 16.3. The van der Waals surface area contributed by atoms with Crippen molar-refractivity contribution in [2.75, 3.05) is 16.8 Å². The zero-order chi connectivity index (χ0) is 12.3. The van der Waals surface area contributed by atoms with E-state index in [2.05, 4.69) is 20.3 Å². The maximum Gasteiger partial charge on any atom is 0.229 e. The van der Waals surface area contributed by atoms with Crippen molar-refractivity contribution in [1.82, 2.24) is 15.0 Å². The third-order valence-corrected chi connectivity index (χ3v) is 2.10. The van der Waals surface area contributed by atoms with Gasteiger partial charge in [-0.05, 0) is 6.07 Å². The SMILES string of the molecule is Nc1nc(N)nc(NCc2ccccc2O)n1. The van der Waals surface area contributed by atoms with Crippen molar-refractivity contribution in [3.63, 3.8) is 0 Å². The van der Waals surface area contributed by atoms with E-state index in [1.54, 1.807) is 18.2 Å². The topological polar surface area (TPSA) is 123 Å².